The van der Waals surface area contributed by atoms with Gasteiger partial charge in [-0.25, -0.2) is 4.79 Å². The van der Waals surface area contributed by atoms with E-state index in [-0.39, 0.29) is 18.2 Å². The summed E-state index contributed by atoms with van der Waals surface area (Å²) in [4.78, 5) is 50.9. The third-order valence-electron chi connectivity index (χ3n) is 4.80. The van der Waals surface area contributed by atoms with Crippen molar-refractivity contribution in [2.75, 3.05) is 30.9 Å². The number of hydrogen-bond donors (Lipinski definition) is 2. The van der Waals surface area contributed by atoms with E-state index in [9.17, 15) is 24.3 Å². The second kappa shape index (κ2) is 7.26. The number of thioether (sulfide) groups is 1. The topological polar surface area (TPSA) is 139 Å². The molecule has 2 fully saturated rings. The first-order valence-corrected chi connectivity index (χ1v) is 10.1. The molecule has 0 radical (unpaired) electrons. The molecule has 10 nitrogen and oxygen atoms in total. The lowest BCUT2D eigenvalue weighted by Crippen LogP contribution is -2.83. The van der Waals surface area contributed by atoms with Gasteiger partial charge in [0.25, 0.3) is 11.6 Å². The molecular weight excluding hydrogens is 410 g/mol. The molecule has 28 heavy (non-hydrogen) atoms. The van der Waals surface area contributed by atoms with E-state index in [0.717, 1.165) is 11.8 Å². The van der Waals surface area contributed by atoms with Gasteiger partial charge in [0.2, 0.25) is 5.91 Å². The number of ether oxygens (including phenoxy) is 2. The van der Waals surface area contributed by atoms with Crippen LogP contribution in [-0.4, -0.2) is 71.0 Å². The molecule has 0 aliphatic carbocycles. The zero-order chi connectivity index (χ0) is 20.7. The molecule has 0 spiro atoms. The summed E-state index contributed by atoms with van der Waals surface area (Å²) in [5, 5.41) is 11.4. The van der Waals surface area contributed by atoms with Gasteiger partial charge in [0.15, 0.2) is 0 Å². The Morgan fingerprint density at radius 2 is 2.18 bits per heavy atom. The lowest BCUT2D eigenvalue weighted by molar-refractivity contribution is -0.194. The maximum Gasteiger partial charge on any atom is 0.404 e. The monoisotopic (exact) mass is 429 g/mol. The van der Waals surface area contributed by atoms with E-state index in [2.05, 4.69) is 0 Å². The molecule has 0 bridgehead atoms. The highest BCUT2D eigenvalue weighted by molar-refractivity contribution is 8.00. The van der Waals surface area contributed by atoms with Gasteiger partial charge in [-0.1, -0.05) is 0 Å². The Morgan fingerprint density at radius 3 is 2.68 bits per heavy atom. The number of carbonyl (C=O) groups excluding carboxylic acids is 3. The minimum Gasteiger partial charge on any atom is -0.481 e. The maximum atomic E-state index is 13.1. The van der Waals surface area contributed by atoms with Gasteiger partial charge in [-0.3, -0.25) is 19.3 Å². The van der Waals surface area contributed by atoms with Crippen molar-refractivity contribution in [1.82, 2.24) is 4.90 Å². The first-order chi connectivity index (χ1) is 13.2. The summed E-state index contributed by atoms with van der Waals surface area (Å²) in [6, 6.07) is 3.46. The fraction of sp³-hybridized carbons (Fsp3) is 0.500. The number of aliphatic carboxylic acids is 1. The van der Waals surface area contributed by atoms with Crippen molar-refractivity contribution in [3.05, 3.63) is 17.5 Å². The molecule has 12 heteroatoms. The molecular formula is C16H19N3O7S2. The van der Waals surface area contributed by atoms with Gasteiger partial charge in [-0.15, -0.1) is 23.1 Å². The SMILES string of the molecule is COC1(N(C(C)=O)c2cccs2)C(=O)N2CC(COC(N)=O)(C(=O)O)CS[C@@H]21. The lowest BCUT2D eigenvalue weighted by Gasteiger charge is -2.61. The number of rotatable bonds is 6. The Bertz CT molecular complexity index is 817. The Balaban J connectivity index is 1.91. The predicted molar refractivity (Wildman–Crippen MR) is 101 cm³/mol. The summed E-state index contributed by atoms with van der Waals surface area (Å²) < 4.78 is 10.3. The fourth-order valence-electron chi connectivity index (χ4n) is 3.45. The molecule has 1 aromatic heterocycles. The van der Waals surface area contributed by atoms with Crippen LogP contribution in [0.1, 0.15) is 6.92 Å². The molecule has 0 aromatic carbocycles. The van der Waals surface area contributed by atoms with Crippen molar-refractivity contribution in [1.29, 1.82) is 0 Å². The first-order valence-electron chi connectivity index (χ1n) is 8.17. The highest BCUT2D eigenvalue weighted by Crippen LogP contribution is 2.51. The normalized spacial score (nSPS) is 28.9. The number of thiophene rings is 1. The summed E-state index contributed by atoms with van der Waals surface area (Å²) >= 11 is 2.44. The van der Waals surface area contributed by atoms with Gasteiger partial charge in [0, 0.05) is 26.3 Å². The minimum atomic E-state index is -1.56. The van der Waals surface area contributed by atoms with Crippen LogP contribution >= 0.6 is 23.1 Å². The molecule has 3 heterocycles. The van der Waals surface area contributed by atoms with Crippen LogP contribution in [0.3, 0.4) is 0 Å². The highest BCUT2D eigenvalue weighted by atomic mass is 32.2. The average Bonchev–Trinajstić information content (AvgIpc) is 3.17. The fourth-order valence-corrected chi connectivity index (χ4v) is 5.93. The Hall–Kier alpha value is -2.31. The smallest absolute Gasteiger partial charge is 0.404 e. The number of β-lactam (4-membered cyclic amide) rings is 1. The lowest BCUT2D eigenvalue weighted by atomic mass is 9.86. The van der Waals surface area contributed by atoms with E-state index in [1.165, 1.54) is 35.2 Å². The minimum absolute atomic E-state index is 0.0470. The number of hydrogen-bond acceptors (Lipinski definition) is 8. The molecule has 3 N–H and O–H groups in total. The molecule has 3 atom stereocenters. The van der Waals surface area contributed by atoms with Gasteiger partial charge in [0.05, 0.1) is 0 Å². The van der Waals surface area contributed by atoms with E-state index in [0.29, 0.717) is 5.00 Å². The molecule has 152 valence electrons. The number of nitrogens with two attached hydrogens (primary N) is 1. The van der Waals surface area contributed by atoms with E-state index >= 15 is 0 Å². The Morgan fingerprint density at radius 1 is 1.46 bits per heavy atom. The second-order valence-electron chi connectivity index (χ2n) is 6.50. The van der Waals surface area contributed by atoms with Gasteiger partial charge in [-0.2, -0.15) is 0 Å². The molecule has 1 aromatic rings. The summed E-state index contributed by atoms with van der Waals surface area (Å²) in [7, 11) is 1.34. The number of primary amides is 1. The van der Waals surface area contributed by atoms with Gasteiger partial charge >= 0.3 is 12.1 Å². The van der Waals surface area contributed by atoms with Crippen LogP contribution in [0, 0.1) is 5.41 Å². The highest BCUT2D eigenvalue weighted by Gasteiger charge is 2.70. The van der Waals surface area contributed by atoms with Crippen LogP contribution < -0.4 is 10.6 Å². The van der Waals surface area contributed by atoms with E-state index < -0.39 is 41.1 Å². The van der Waals surface area contributed by atoms with Crippen molar-refractivity contribution in [2.45, 2.75) is 18.0 Å². The molecule has 2 unspecified atom stereocenters. The number of carboxylic acid groups (broad SMARTS) is 1. The summed E-state index contributed by atoms with van der Waals surface area (Å²) in [6.45, 7) is 0.697. The summed E-state index contributed by atoms with van der Waals surface area (Å²) in [5.74, 6) is -2.06. The molecule has 0 saturated carbocycles. The van der Waals surface area contributed by atoms with E-state index in [1.807, 2.05) is 0 Å². The van der Waals surface area contributed by atoms with Crippen molar-refractivity contribution in [3.8, 4) is 0 Å². The van der Waals surface area contributed by atoms with Gasteiger partial charge < -0.3 is 25.2 Å². The standard InChI is InChI=1S/C16H19N3O7S2/c1-9(20)19(10-4-3-5-27-10)16(25-2)11(21)18-6-15(13(22)23,7-26-14(17)24)8-28-12(16)18/h3-5,12H,6-8H2,1-2H3,(H2,17,24)(H,22,23)/t12-,15?,16?/m1/s1. The number of carbonyl (C=O) groups is 4. The number of fused-ring (bicyclic) bond motifs is 1. The number of methoxy groups -OCH3 is 1. The van der Waals surface area contributed by atoms with Crippen LogP contribution in [0.2, 0.25) is 0 Å². The Kier molecular flexibility index (Phi) is 5.30. The van der Waals surface area contributed by atoms with Crippen molar-refractivity contribution >= 4 is 52.0 Å². The molecule has 2 aliphatic rings. The first kappa shape index (κ1) is 20.4. The van der Waals surface area contributed by atoms with Crippen LogP contribution in [0.25, 0.3) is 0 Å². The molecule has 2 saturated heterocycles. The van der Waals surface area contributed by atoms with Crippen molar-refractivity contribution in [2.24, 2.45) is 11.1 Å². The number of carboxylic acids is 1. The number of anilines is 1. The van der Waals surface area contributed by atoms with E-state index in [1.54, 1.807) is 17.5 Å². The third-order valence-corrected chi connectivity index (χ3v) is 7.27. The largest absolute Gasteiger partial charge is 0.481 e. The zero-order valence-corrected chi connectivity index (χ0v) is 16.7. The number of nitrogens with zero attached hydrogens (tertiary/aromatic N) is 2. The zero-order valence-electron chi connectivity index (χ0n) is 15.1. The maximum absolute atomic E-state index is 13.1. The van der Waals surface area contributed by atoms with Crippen molar-refractivity contribution < 1.29 is 33.8 Å². The molecule has 3 rings (SSSR count). The average molecular weight is 429 g/mol. The van der Waals surface area contributed by atoms with E-state index in [4.69, 9.17) is 15.2 Å². The Labute approximate surface area is 168 Å². The second-order valence-corrected chi connectivity index (χ2v) is 8.49. The van der Waals surface area contributed by atoms with Gasteiger partial charge in [0.1, 0.15) is 22.4 Å². The molecule has 3 amide bonds. The summed E-state index contributed by atoms with van der Waals surface area (Å²) in [6.07, 6.45) is -1.09. The summed E-state index contributed by atoms with van der Waals surface area (Å²) in [5.41, 5.74) is 1.91. The third kappa shape index (κ3) is 2.91. The predicted octanol–water partition coefficient (Wildman–Crippen LogP) is 0.525. The van der Waals surface area contributed by atoms with Crippen molar-refractivity contribution in [3.63, 3.8) is 0 Å². The van der Waals surface area contributed by atoms with Crippen LogP contribution in [0.15, 0.2) is 17.5 Å². The van der Waals surface area contributed by atoms with Gasteiger partial charge in [-0.05, 0) is 17.5 Å². The molecule has 2 aliphatic heterocycles. The quantitative estimate of drug-likeness (QED) is 0.493. The van der Waals surface area contributed by atoms with Crippen LogP contribution in [0.5, 0.6) is 0 Å². The van der Waals surface area contributed by atoms with Crippen LogP contribution in [-0.2, 0) is 23.9 Å². The van der Waals surface area contributed by atoms with Crippen LogP contribution in [0.4, 0.5) is 9.80 Å². The number of amides is 3.